The van der Waals surface area contributed by atoms with E-state index in [-0.39, 0.29) is 24.6 Å². The standard InChI is InChI=1S/C14H14N4O5/c15-13-3-1-11(17(19)20)5-9(13)7-23-8-10-6-12(18(21)22)2-4-14(10)16/h1-6H,7-8,15-16H2. The SMILES string of the molecule is Nc1ccc([N+](=O)[O-])cc1COCc1cc([N+](=O)[O-])ccc1N. The number of nitrogens with zero attached hydrogens (tertiary/aromatic N) is 2. The van der Waals surface area contributed by atoms with E-state index in [1.54, 1.807) is 0 Å². The van der Waals surface area contributed by atoms with E-state index in [0.717, 1.165) is 0 Å². The molecule has 0 aliphatic carbocycles. The smallest absolute Gasteiger partial charge is 0.269 e. The molecular formula is C14H14N4O5. The number of rotatable bonds is 6. The van der Waals surface area contributed by atoms with Crippen molar-refractivity contribution in [1.82, 2.24) is 0 Å². The van der Waals surface area contributed by atoms with Gasteiger partial charge < -0.3 is 16.2 Å². The van der Waals surface area contributed by atoms with Gasteiger partial charge in [-0.3, -0.25) is 20.2 Å². The average Bonchev–Trinajstić information content (AvgIpc) is 2.50. The third-order valence-corrected chi connectivity index (χ3v) is 3.19. The highest BCUT2D eigenvalue weighted by Gasteiger charge is 2.11. The summed E-state index contributed by atoms with van der Waals surface area (Å²) in [5, 5.41) is 21.5. The highest BCUT2D eigenvalue weighted by molar-refractivity contribution is 5.53. The highest BCUT2D eigenvalue weighted by atomic mass is 16.6. The normalized spacial score (nSPS) is 10.4. The van der Waals surface area contributed by atoms with Gasteiger partial charge in [-0.05, 0) is 12.1 Å². The molecule has 23 heavy (non-hydrogen) atoms. The molecule has 120 valence electrons. The molecule has 9 nitrogen and oxygen atoms in total. The number of hydrogen-bond acceptors (Lipinski definition) is 7. The first-order valence-electron chi connectivity index (χ1n) is 6.52. The van der Waals surface area contributed by atoms with Gasteiger partial charge in [-0.15, -0.1) is 0 Å². The molecule has 0 aliphatic rings. The lowest BCUT2D eigenvalue weighted by molar-refractivity contribution is -0.385. The molecule has 0 spiro atoms. The van der Waals surface area contributed by atoms with Crippen molar-refractivity contribution in [3.05, 3.63) is 67.8 Å². The van der Waals surface area contributed by atoms with Crippen LogP contribution in [-0.4, -0.2) is 9.85 Å². The zero-order valence-corrected chi connectivity index (χ0v) is 12.0. The van der Waals surface area contributed by atoms with Gasteiger partial charge in [0, 0.05) is 46.8 Å². The van der Waals surface area contributed by atoms with Crippen LogP contribution < -0.4 is 11.5 Å². The summed E-state index contributed by atoms with van der Waals surface area (Å²) in [5.74, 6) is 0. The quantitative estimate of drug-likeness (QED) is 0.472. The number of anilines is 2. The van der Waals surface area contributed by atoms with E-state index in [1.165, 1.54) is 36.4 Å². The molecule has 0 bridgehead atoms. The number of nitro benzene ring substituents is 2. The Kier molecular flexibility index (Phi) is 4.72. The van der Waals surface area contributed by atoms with Crippen molar-refractivity contribution in [2.45, 2.75) is 13.2 Å². The van der Waals surface area contributed by atoms with E-state index in [2.05, 4.69) is 0 Å². The first-order valence-corrected chi connectivity index (χ1v) is 6.52. The van der Waals surface area contributed by atoms with Crippen molar-refractivity contribution in [3.8, 4) is 0 Å². The van der Waals surface area contributed by atoms with Gasteiger partial charge in [-0.1, -0.05) is 0 Å². The molecule has 0 aliphatic heterocycles. The number of nitrogens with two attached hydrogens (primary N) is 2. The van der Waals surface area contributed by atoms with Crippen molar-refractivity contribution in [2.75, 3.05) is 11.5 Å². The molecule has 4 N–H and O–H groups in total. The minimum Gasteiger partial charge on any atom is -0.398 e. The fourth-order valence-corrected chi connectivity index (χ4v) is 1.93. The van der Waals surface area contributed by atoms with Crippen molar-refractivity contribution in [2.24, 2.45) is 0 Å². The Balaban J connectivity index is 2.08. The van der Waals surface area contributed by atoms with Gasteiger partial charge in [0.05, 0.1) is 23.1 Å². The minimum absolute atomic E-state index is 0.0235. The first-order chi connectivity index (χ1) is 10.9. The number of ether oxygens (including phenoxy) is 1. The van der Waals surface area contributed by atoms with Crippen molar-refractivity contribution in [3.63, 3.8) is 0 Å². The van der Waals surface area contributed by atoms with Crippen LogP contribution in [0.1, 0.15) is 11.1 Å². The summed E-state index contributed by atoms with van der Waals surface area (Å²) in [6.07, 6.45) is 0. The lowest BCUT2D eigenvalue weighted by atomic mass is 10.1. The zero-order valence-electron chi connectivity index (χ0n) is 12.0. The number of nitro groups is 2. The van der Waals surface area contributed by atoms with Crippen LogP contribution in [0.15, 0.2) is 36.4 Å². The molecule has 0 radical (unpaired) electrons. The summed E-state index contributed by atoms with van der Waals surface area (Å²) in [4.78, 5) is 20.4. The molecule has 2 rings (SSSR count). The predicted octanol–water partition coefficient (Wildman–Crippen LogP) is 2.38. The van der Waals surface area contributed by atoms with Gasteiger partial charge in [0.1, 0.15) is 0 Å². The number of benzene rings is 2. The Hall–Kier alpha value is -3.20. The first kappa shape index (κ1) is 16.2. The van der Waals surface area contributed by atoms with Gasteiger partial charge in [0.2, 0.25) is 0 Å². The number of nitrogen functional groups attached to an aromatic ring is 2. The van der Waals surface area contributed by atoms with Gasteiger partial charge in [-0.2, -0.15) is 0 Å². The second kappa shape index (κ2) is 6.71. The maximum atomic E-state index is 10.7. The van der Waals surface area contributed by atoms with E-state index in [0.29, 0.717) is 22.5 Å². The largest absolute Gasteiger partial charge is 0.398 e. The van der Waals surface area contributed by atoms with Gasteiger partial charge in [-0.25, -0.2) is 0 Å². The summed E-state index contributed by atoms with van der Waals surface area (Å²) < 4.78 is 5.43. The van der Waals surface area contributed by atoms with Crippen LogP contribution in [0.25, 0.3) is 0 Å². The maximum Gasteiger partial charge on any atom is 0.269 e. The minimum atomic E-state index is -0.526. The Bertz CT molecular complexity index is 699. The fourth-order valence-electron chi connectivity index (χ4n) is 1.93. The molecule has 0 aromatic heterocycles. The molecule has 0 fully saturated rings. The van der Waals surface area contributed by atoms with Gasteiger partial charge >= 0.3 is 0 Å². The number of hydrogen-bond donors (Lipinski definition) is 2. The Morgan fingerprint density at radius 1 is 0.826 bits per heavy atom. The van der Waals surface area contributed by atoms with E-state index >= 15 is 0 Å². The molecule has 0 saturated carbocycles. The lowest BCUT2D eigenvalue weighted by Gasteiger charge is -2.09. The van der Waals surface area contributed by atoms with E-state index in [4.69, 9.17) is 16.2 Å². The summed E-state index contributed by atoms with van der Waals surface area (Å²) in [5.41, 5.74) is 13.0. The molecule has 0 amide bonds. The van der Waals surface area contributed by atoms with Gasteiger partial charge in [0.15, 0.2) is 0 Å². The lowest BCUT2D eigenvalue weighted by Crippen LogP contribution is -2.02. The van der Waals surface area contributed by atoms with E-state index in [1.807, 2.05) is 0 Å². The third-order valence-electron chi connectivity index (χ3n) is 3.19. The molecule has 9 heteroatoms. The van der Waals surface area contributed by atoms with Crippen LogP contribution in [0, 0.1) is 20.2 Å². The molecule has 2 aromatic rings. The van der Waals surface area contributed by atoms with Crippen LogP contribution >= 0.6 is 0 Å². The van der Waals surface area contributed by atoms with Crippen LogP contribution in [0.2, 0.25) is 0 Å². The predicted molar refractivity (Wildman–Crippen MR) is 83.5 cm³/mol. The summed E-state index contributed by atoms with van der Waals surface area (Å²) in [6.45, 7) is 0.0469. The zero-order chi connectivity index (χ0) is 17.0. The second-order valence-electron chi connectivity index (χ2n) is 4.77. The topological polar surface area (TPSA) is 148 Å². The summed E-state index contributed by atoms with van der Waals surface area (Å²) in [7, 11) is 0. The Morgan fingerprint density at radius 3 is 1.57 bits per heavy atom. The molecule has 0 saturated heterocycles. The summed E-state index contributed by atoms with van der Waals surface area (Å²) in [6, 6.07) is 8.12. The van der Waals surface area contributed by atoms with Crippen LogP contribution in [0.3, 0.4) is 0 Å². The number of non-ortho nitro benzene ring substituents is 2. The maximum absolute atomic E-state index is 10.7. The van der Waals surface area contributed by atoms with Gasteiger partial charge in [0.25, 0.3) is 11.4 Å². The second-order valence-corrected chi connectivity index (χ2v) is 4.77. The average molecular weight is 318 g/mol. The monoisotopic (exact) mass is 318 g/mol. The molecule has 2 aromatic carbocycles. The van der Waals surface area contributed by atoms with Crippen molar-refractivity contribution < 1.29 is 14.6 Å². The van der Waals surface area contributed by atoms with Crippen molar-refractivity contribution >= 4 is 22.7 Å². The van der Waals surface area contributed by atoms with Crippen LogP contribution in [0.5, 0.6) is 0 Å². The fraction of sp³-hybridized carbons (Fsp3) is 0.143. The van der Waals surface area contributed by atoms with Crippen molar-refractivity contribution in [1.29, 1.82) is 0 Å². The molecular weight excluding hydrogens is 304 g/mol. The molecule has 0 heterocycles. The third kappa shape index (κ3) is 3.92. The molecule has 0 unspecified atom stereocenters. The van der Waals surface area contributed by atoms with E-state index in [9.17, 15) is 20.2 Å². The summed E-state index contributed by atoms with van der Waals surface area (Å²) >= 11 is 0. The van der Waals surface area contributed by atoms with Crippen LogP contribution in [0.4, 0.5) is 22.7 Å². The Labute approximate surface area is 130 Å². The Morgan fingerprint density at radius 2 is 1.22 bits per heavy atom. The highest BCUT2D eigenvalue weighted by Crippen LogP contribution is 2.23. The van der Waals surface area contributed by atoms with Crippen LogP contribution in [-0.2, 0) is 18.0 Å². The molecule has 0 atom stereocenters. The van der Waals surface area contributed by atoms with E-state index < -0.39 is 9.85 Å².